The number of benzene rings is 1. The zero-order valence-corrected chi connectivity index (χ0v) is 15.7. The maximum Gasteiger partial charge on any atom is 0.0736 e. The van der Waals surface area contributed by atoms with Crippen LogP contribution >= 0.6 is 0 Å². The fourth-order valence-electron chi connectivity index (χ4n) is 3.49. The molecule has 0 unspecified atom stereocenters. The third-order valence-electron chi connectivity index (χ3n) is 5.42. The van der Waals surface area contributed by atoms with Crippen LogP contribution in [0.3, 0.4) is 0 Å². The van der Waals surface area contributed by atoms with E-state index in [-0.39, 0.29) is 0 Å². The minimum atomic E-state index is -1.19. The van der Waals surface area contributed by atoms with E-state index >= 15 is 0 Å². The smallest absolute Gasteiger partial charge is 0.0736 e. The van der Waals surface area contributed by atoms with Crippen LogP contribution in [0.4, 0.5) is 0 Å². The SMILES string of the molecule is CC[Si](CC)(CC)Cc1cccc(C)c1-c1ncccc1C. The van der Waals surface area contributed by atoms with Crippen LogP contribution in [0, 0.1) is 13.8 Å². The molecule has 0 radical (unpaired) electrons. The van der Waals surface area contributed by atoms with Crippen molar-refractivity contribution in [3.8, 4) is 11.3 Å². The van der Waals surface area contributed by atoms with Gasteiger partial charge in [0, 0.05) is 11.8 Å². The largest absolute Gasteiger partial charge is 0.256 e. The van der Waals surface area contributed by atoms with Gasteiger partial charge in [-0.15, -0.1) is 0 Å². The van der Waals surface area contributed by atoms with Crippen LogP contribution in [-0.4, -0.2) is 13.1 Å². The molecule has 0 atom stereocenters. The summed E-state index contributed by atoms with van der Waals surface area (Å²) in [5.41, 5.74) is 6.69. The molecule has 0 bridgehead atoms. The van der Waals surface area contributed by atoms with Gasteiger partial charge in [0.15, 0.2) is 0 Å². The molecule has 0 spiro atoms. The van der Waals surface area contributed by atoms with Gasteiger partial charge in [0.25, 0.3) is 0 Å². The Labute approximate surface area is 136 Å². The number of pyridine rings is 1. The summed E-state index contributed by atoms with van der Waals surface area (Å²) in [6, 6.07) is 16.4. The first-order valence-corrected chi connectivity index (χ1v) is 11.4. The first-order valence-electron chi connectivity index (χ1n) is 8.57. The quantitative estimate of drug-likeness (QED) is 0.600. The van der Waals surface area contributed by atoms with Gasteiger partial charge in [0.1, 0.15) is 0 Å². The first-order chi connectivity index (χ1) is 10.6. The summed E-state index contributed by atoms with van der Waals surface area (Å²) >= 11 is 0. The molecule has 22 heavy (non-hydrogen) atoms. The third-order valence-corrected chi connectivity index (χ3v) is 11.1. The highest BCUT2D eigenvalue weighted by molar-refractivity contribution is 6.79. The molecular formula is C20H29NSi. The van der Waals surface area contributed by atoms with Crippen LogP contribution in [0.25, 0.3) is 11.3 Å². The summed E-state index contributed by atoms with van der Waals surface area (Å²) in [6.45, 7) is 11.6. The van der Waals surface area contributed by atoms with Crippen molar-refractivity contribution in [1.29, 1.82) is 0 Å². The zero-order chi connectivity index (χ0) is 16.2. The van der Waals surface area contributed by atoms with E-state index in [0.717, 1.165) is 0 Å². The standard InChI is InChI=1S/C20H29NSi/c1-6-22(7-2,8-3)15-18-13-9-11-16(4)19(18)20-17(5)12-10-14-21-20/h9-14H,6-8,15H2,1-5H3. The van der Waals surface area contributed by atoms with E-state index in [1.807, 2.05) is 12.3 Å². The van der Waals surface area contributed by atoms with Crippen LogP contribution in [0.5, 0.6) is 0 Å². The minimum Gasteiger partial charge on any atom is -0.256 e. The Hall–Kier alpha value is -1.41. The summed E-state index contributed by atoms with van der Waals surface area (Å²) < 4.78 is 0. The normalized spacial score (nSPS) is 11.7. The van der Waals surface area contributed by atoms with E-state index in [1.165, 1.54) is 52.1 Å². The Kier molecular flexibility index (Phi) is 5.57. The molecular weight excluding hydrogens is 282 g/mol. The van der Waals surface area contributed by atoms with E-state index in [1.54, 1.807) is 0 Å². The third kappa shape index (κ3) is 3.32. The lowest BCUT2D eigenvalue weighted by Crippen LogP contribution is -2.35. The van der Waals surface area contributed by atoms with Crippen molar-refractivity contribution in [2.24, 2.45) is 0 Å². The molecule has 118 valence electrons. The summed E-state index contributed by atoms with van der Waals surface area (Å²) in [5.74, 6) is 0. The van der Waals surface area contributed by atoms with Gasteiger partial charge in [-0.05, 0) is 42.6 Å². The van der Waals surface area contributed by atoms with Gasteiger partial charge in [-0.25, -0.2) is 0 Å². The van der Waals surface area contributed by atoms with Gasteiger partial charge < -0.3 is 0 Å². The number of nitrogens with zero attached hydrogens (tertiary/aromatic N) is 1. The molecule has 0 fully saturated rings. The van der Waals surface area contributed by atoms with E-state index < -0.39 is 8.07 Å². The van der Waals surface area contributed by atoms with E-state index in [2.05, 4.69) is 58.9 Å². The van der Waals surface area contributed by atoms with Crippen molar-refractivity contribution in [1.82, 2.24) is 4.98 Å². The highest BCUT2D eigenvalue weighted by Crippen LogP contribution is 2.33. The molecule has 0 saturated heterocycles. The minimum absolute atomic E-state index is 1.17. The second-order valence-corrected chi connectivity index (χ2v) is 12.0. The second kappa shape index (κ2) is 7.23. The number of rotatable bonds is 6. The molecule has 0 aliphatic rings. The van der Waals surface area contributed by atoms with Crippen LogP contribution in [-0.2, 0) is 6.04 Å². The average molecular weight is 312 g/mol. The Morgan fingerprint density at radius 2 is 1.50 bits per heavy atom. The number of hydrogen-bond donors (Lipinski definition) is 0. The first kappa shape index (κ1) is 16.9. The number of aryl methyl sites for hydroxylation is 2. The average Bonchev–Trinajstić information content (AvgIpc) is 2.54. The monoisotopic (exact) mass is 311 g/mol. The Balaban J connectivity index is 2.55. The van der Waals surface area contributed by atoms with Gasteiger partial charge in [0.05, 0.1) is 13.8 Å². The molecule has 0 aliphatic heterocycles. The van der Waals surface area contributed by atoms with Crippen molar-refractivity contribution in [3.63, 3.8) is 0 Å². The predicted octanol–water partition coefficient (Wildman–Crippen LogP) is 5.96. The molecule has 0 N–H and O–H groups in total. The maximum absolute atomic E-state index is 4.69. The lowest BCUT2D eigenvalue weighted by molar-refractivity contribution is 1.09. The Morgan fingerprint density at radius 1 is 0.864 bits per heavy atom. The van der Waals surface area contributed by atoms with Gasteiger partial charge in [-0.1, -0.05) is 63.2 Å². The zero-order valence-electron chi connectivity index (χ0n) is 14.7. The number of aromatic nitrogens is 1. The van der Waals surface area contributed by atoms with Crippen molar-refractivity contribution in [3.05, 3.63) is 53.2 Å². The fraction of sp³-hybridized carbons (Fsp3) is 0.450. The molecule has 1 nitrogen and oxygen atoms in total. The van der Waals surface area contributed by atoms with E-state index in [4.69, 9.17) is 4.98 Å². The summed E-state index contributed by atoms with van der Waals surface area (Å²) in [7, 11) is -1.19. The molecule has 1 aromatic carbocycles. The van der Waals surface area contributed by atoms with Crippen molar-refractivity contribution >= 4 is 8.07 Å². The summed E-state index contributed by atoms with van der Waals surface area (Å²) in [5, 5.41) is 0. The Morgan fingerprint density at radius 3 is 2.09 bits per heavy atom. The van der Waals surface area contributed by atoms with Gasteiger partial charge >= 0.3 is 0 Å². The fourth-order valence-corrected chi connectivity index (χ4v) is 6.84. The summed E-state index contributed by atoms with van der Waals surface area (Å²) in [6.07, 6.45) is 1.92. The highest BCUT2D eigenvalue weighted by Gasteiger charge is 2.28. The molecule has 0 aliphatic carbocycles. The highest BCUT2D eigenvalue weighted by atomic mass is 28.3. The molecule has 1 heterocycles. The predicted molar refractivity (Wildman–Crippen MR) is 100 cm³/mol. The van der Waals surface area contributed by atoms with Gasteiger partial charge in [-0.3, -0.25) is 4.98 Å². The molecule has 2 heteroatoms. The molecule has 2 rings (SSSR count). The summed E-state index contributed by atoms with van der Waals surface area (Å²) in [4.78, 5) is 4.69. The molecule has 0 amide bonds. The van der Waals surface area contributed by atoms with E-state index in [0.29, 0.717) is 0 Å². The van der Waals surface area contributed by atoms with Crippen molar-refractivity contribution < 1.29 is 0 Å². The second-order valence-electron chi connectivity index (χ2n) is 6.52. The van der Waals surface area contributed by atoms with Gasteiger partial charge in [-0.2, -0.15) is 0 Å². The van der Waals surface area contributed by atoms with Crippen molar-refractivity contribution in [2.45, 2.75) is 58.8 Å². The number of hydrogen-bond acceptors (Lipinski definition) is 1. The molecule has 1 aromatic heterocycles. The molecule has 2 aromatic rings. The van der Waals surface area contributed by atoms with Crippen LogP contribution in [0.15, 0.2) is 36.5 Å². The Bertz CT molecular complexity index is 621. The van der Waals surface area contributed by atoms with Gasteiger partial charge in [0.2, 0.25) is 0 Å². The lowest BCUT2D eigenvalue weighted by Gasteiger charge is -2.29. The van der Waals surface area contributed by atoms with Crippen molar-refractivity contribution in [2.75, 3.05) is 0 Å². The van der Waals surface area contributed by atoms with Crippen LogP contribution < -0.4 is 0 Å². The lowest BCUT2D eigenvalue weighted by atomic mass is 9.97. The topological polar surface area (TPSA) is 12.9 Å². The molecule has 0 saturated carbocycles. The van der Waals surface area contributed by atoms with Crippen LogP contribution in [0.1, 0.15) is 37.5 Å². The van der Waals surface area contributed by atoms with Crippen LogP contribution in [0.2, 0.25) is 18.1 Å². The van der Waals surface area contributed by atoms with E-state index in [9.17, 15) is 0 Å². The maximum atomic E-state index is 4.69.